The first-order valence-electron chi connectivity index (χ1n) is 4.93. The molecule has 0 aromatic rings. The molecular weight excluding hydrogens is 162 g/mol. The summed E-state index contributed by atoms with van der Waals surface area (Å²) < 4.78 is 0. The summed E-state index contributed by atoms with van der Waals surface area (Å²) >= 11 is 0. The number of hydrogen-bond acceptors (Lipinski definition) is 1. The van der Waals surface area contributed by atoms with E-state index in [1.54, 1.807) is 0 Å². The van der Waals surface area contributed by atoms with Gasteiger partial charge in [-0.15, -0.1) is 0 Å². The highest BCUT2D eigenvalue weighted by Crippen LogP contribution is 2.45. The van der Waals surface area contributed by atoms with Crippen molar-refractivity contribution in [3.05, 3.63) is 10.4 Å². The van der Waals surface area contributed by atoms with E-state index >= 15 is 0 Å². The topological polar surface area (TPSA) is 48.8 Å². The molecule has 3 heteroatoms. The van der Waals surface area contributed by atoms with Gasteiger partial charge >= 0.3 is 0 Å². The van der Waals surface area contributed by atoms with Gasteiger partial charge in [0.15, 0.2) is 0 Å². The molecule has 0 bridgehead atoms. The maximum absolute atomic E-state index is 8.50. The van der Waals surface area contributed by atoms with Crippen LogP contribution < -0.4 is 0 Å². The zero-order valence-electron chi connectivity index (χ0n) is 9.04. The van der Waals surface area contributed by atoms with Gasteiger partial charge in [0.25, 0.3) is 0 Å². The molecule has 74 valence electrons. The van der Waals surface area contributed by atoms with Crippen LogP contribution in [0.15, 0.2) is 5.11 Å². The molecule has 0 spiro atoms. The quantitative estimate of drug-likeness (QED) is 0.334. The third-order valence-electron chi connectivity index (χ3n) is 2.83. The van der Waals surface area contributed by atoms with Gasteiger partial charge in [-0.3, -0.25) is 0 Å². The zero-order valence-corrected chi connectivity index (χ0v) is 9.04. The number of nitrogens with zero attached hydrogens (tertiary/aromatic N) is 3. The van der Waals surface area contributed by atoms with Crippen molar-refractivity contribution in [1.29, 1.82) is 0 Å². The molecule has 0 amide bonds. The third kappa shape index (κ3) is 2.63. The van der Waals surface area contributed by atoms with Crippen LogP contribution in [-0.2, 0) is 0 Å². The Morgan fingerprint density at radius 3 is 2.38 bits per heavy atom. The Bertz CT molecular complexity index is 241. The van der Waals surface area contributed by atoms with Gasteiger partial charge in [-0.05, 0) is 36.1 Å². The fraction of sp³-hybridized carbons (Fsp3) is 1.00. The molecule has 1 saturated carbocycles. The highest BCUT2D eigenvalue weighted by molar-refractivity contribution is 4.95. The summed E-state index contributed by atoms with van der Waals surface area (Å²) in [5.41, 5.74) is 8.66. The maximum Gasteiger partial charge on any atom is 0.0467 e. The molecule has 0 N–H and O–H groups in total. The van der Waals surface area contributed by atoms with Crippen LogP contribution in [0.1, 0.15) is 47.0 Å². The molecular formula is C10H19N3. The first-order chi connectivity index (χ1) is 5.87. The molecule has 0 aromatic carbocycles. The lowest BCUT2D eigenvalue weighted by Gasteiger charge is -2.43. The summed E-state index contributed by atoms with van der Waals surface area (Å²) in [6.07, 6.45) is 3.28. The smallest absolute Gasteiger partial charge is 0.0467 e. The molecule has 0 radical (unpaired) electrons. The van der Waals surface area contributed by atoms with E-state index < -0.39 is 0 Å². The molecule has 13 heavy (non-hydrogen) atoms. The minimum Gasteiger partial charge on any atom is -0.0875 e. The van der Waals surface area contributed by atoms with Crippen molar-refractivity contribution in [1.82, 2.24) is 0 Å². The van der Waals surface area contributed by atoms with Crippen molar-refractivity contribution >= 4 is 0 Å². The normalized spacial score (nSPS) is 38.0. The standard InChI is InChI=1S/C10H19N3/c1-8-5-9(2,3)7-10(4,6-8)12-13-11/h8H,5-7H2,1-4H3. The van der Waals surface area contributed by atoms with Crippen LogP contribution in [-0.4, -0.2) is 5.54 Å². The van der Waals surface area contributed by atoms with Gasteiger partial charge in [0.05, 0.1) is 0 Å². The highest BCUT2D eigenvalue weighted by Gasteiger charge is 2.38. The van der Waals surface area contributed by atoms with Gasteiger partial charge in [-0.1, -0.05) is 32.8 Å². The SMILES string of the molecule is CC1CC(C)(C)CC(C)(N=[N+]=[N-])C1. The van der Waals surface area contributed by atoms with E-state index in [1.807, 2.05) is 0 Å². The van der Waals surface area contributed by atoms with Gasteiger partial charge in [0, 0.05) is 10.5 Å². The molecule has 1 aliphatic rings. The fourth-order valence-electron chi connectivity index (χ4n) is 3.13. The largest absolute Gasteiger partial charge is 0.0875 e. The van der Waals surface area contributed by atoms with Crippen LogP contribution in [0.25, 0.3) is 10.4 Å². The lowest BCUT2D eigenvalue weighted by Crippen LogP contribution is -2.38. The predicted octanol–water partition coefficient (Wildman–Crippen LogP) is 3.90. The van der Waals surface area contributed by atoms with Crippen LogP contribution >= 0.6 is 0 Å². The van der Waals surface area contributed by atoms with E-state index in [-0.39, 0.29) is 5.54 Å². The number of azide groups is 1. The van der Waals surface area contributed by atoms with Crippen molar-refractivity contribution in [3.63, 3.8) is 0 Å². The van der Waals surface area contributed by atoms with E-state index in [9.17, 15) is 0 Å². The second-order valence-corrected chi connectivity index (χ2v) is 5.54. The summed E-state index contributed by atoms with van der Waals surface area (Å²) in [5.74, 6) is 0.666. The van der Waals surface area contributed by atoms with Gasteiger partial charge in [0.1, 0.15) is 0 Å². The average Bonchev–Trinajstić information content (AvgIpc) is 1.78. The first kappa shape index (κ1) is 10.4. The molecule has 0 saturated heterocycles. The van der Waals surface area contributed by atoms with Gasteiger partial charge in [-0.2, -0.15) is 0 Å². The molecule has 1 aliphatic carbocycles. The lowest BCUT2D eigenvalue weighted by atomic mass is 9.65. The van der Waals surface area contributed by atoms with E-state index in [1.165, 1.54) is 6.42 Å². The van der Waals surface area contributed by atoms with E-state index in [0.29, 0.717) is 11.3 Å². The number of hydrogen-bond donors (Lipinski definition) is 0. The first-order valence-corrected chi connectivity index (χ1v) is 4.93. The van der Waals surface area contributed by atoms with Crippen molar-refractivity contribution in [3.8, 4) is 0 Å². The minimum atomic E-state index is -0.157. The molecule has 3 nitrogen and oxygen atoms in total. The fourth-order valence-corrected chi connectivity index (χ4v) is 3.13. The monoisotopic (exact) mass is 181 g/mol. The van der Waals surface area contributed by atoms with Crippen LogP contribution in [0.4, 0.5) is 0 Å². The second kappa shape index (κ2) is 3.22. The van der Waals surface area contributed by atoms with E-state index in [4.69, 9.17) is 5.53 Å². The summed E-state index contributed by atoms with van der Waals surface area (Å²) in [6.45, 7) is 8.83. The predicted molar refractivity (Wildman–Crippen MR) is 54.3 cm³/mol. The maximum atomic E-state index is 8.50. The van der Waals surface area contributed by atoms with Crippen molar-refractivity contribution in [2.75, 3.05) is 0 Å². The number of rotatable bonds is 1. The van der Waals surface area contributed by atoms with Crippen LogP contribution in [0.2, 0.25) is 0 Å². The summed E-state index contributed by atoms with van der Waals surface area (Å²) in [7, 11) is 0. The summed E-state index contributed by atoms with van der Waals surface area (Å²) in [4.78, 5) is 2.96. The Morgan fingerprint density at radius 2 is 1.92 bits per heavy atom. The van der Waals surface area contributed by atoms with Gasteiger partial charge < -0.3 is 0 Å². The van der Waals surface area contributed by atoms with E-state index in [0.717, 1.165) is 12.8 Å². The Kier molecular flexibility index (Phi) is 2.58. The average molecular weight is 181 g/mol. The van der Waals surface area contributed by atoms with Crippen LogP contribution in [0.5, 0.6) is 0 Å². The van der Waals surface area contributed by atoms with Crippen molar-refractivity contribution in [2.24, 2.45) is 16.4 Å². The Labute approximate surface area is 80.2 Å². The molecule has 0 aromatic heterocycles. The van der Waals surface area contributed by atoms with Crippen molar-refractivity contribution in [2.45, 2.75) is 52.5 Å². The second-order valence-electron chi connectivity index (χ2n) is 5.54. The van der Waals surface area contributed by atoms with Crippen LogP contribution in [0.3, 0.4) is 0 Å². The Hall–Kier alpha value is -0.690. The third-order valence-corrected chi connectivity index (χ3v) is 2.83. The van der Waals surface area contributed by atoms with E-state index in [2.05, 4.69) is 37.7 Å². The summed E-state index contributed by atoms with van der Waals surface area (Å²) in [5, 5.41) is 3.94. The minimum absolute atomic E-state index is 0.157. The van der Waals surface area contributed by atoms with Crippen LogP contribution in [0, 0.1) is 11.3 Å². The molecule has 0 aliphatic heterocycles. The summed E-state index contributed by atoms with van der Waals surface area (Å²) in [6, 6.07) is 0. The Balaban J connectivity index is 2.83. The lowest BCUT2D eigenvalue weighted by molar-refractivity contribution is 0.119. The zero-order chi connectivity index (χ0) is 10.1. The Morgan fingerprint density at radius 1 is 1.31 bits per heavy atom. The molecule has 1 rings (SSSR count). The van der Waals surface area contributed by atoms with Crippen molar-refractivity contribution < 1.29 is 0 Å². The van der Waals surface area contributed by atoms with Gasteiger partial charge in [0.2, 0.25) is 0 Å². The molecule has 2 unspecified atom stereocenters. The molecule has 1 fully saturated rings. The highest BCUT2D eigenvalue weighted by atomic mass is 15.2. The molecule has 0 heterocycles. The molecule has 2 atom stereocenters. The van der Waals surface area contributed by atoms with Gasteiger partial charge in [-0.25, -0.2) is 0 Å².